The molecule has 1 aliphatic carbocycles. The molecule has 1 amide bonds. The van der Waals surface area contributed by atoms with Crippen LogP contribution < -0.4 is 5.32 Å². The summed E-state index contributed by atoms with van der Waals surface area (Å²) in [4.78, 5) is 17.6. The van der Waals surface area contributed by atoms with E-state index in [-0.39, 0.29) is 6.04 Å². The number of carbonyl (C=O) groups is 1. The molecule has 2 saturated heterocycles. The van der Waals surface area contributed by atoms with Gasteiger partial charge in [0.25, 0.3) is 0 Å². The van der Waals surface area contributed by atoms with E-state index in [1.165, 1.54) is 25.7 Å². The van der Waals surface area contributed by atoms with E-state index in [1.807, 2.05) is 0 Å². The molecule has 1 N–H and O–H groups in total. The number of hydrogen-bond acceptors (Lipinski definition) is 3. The van der Waals surface area contributed by atoms with Crippen LogP contribution in [0.3, 0.4) is 0 Å². The SMILES string of the molecule is CCC(C)C1NC(C2CCCC2)N(C2CCN(C)C2)C1=O. The summed E-state index contributed by atoms with van der Waals surface area (Å²) in [6.07, 6.45) is 7.76. The van der Waals surface area contributed by atoms with Crippen molar-refractivity contribution >= 4 is 5.91 Å². The van der Waals surface area contributed by atoms with Crippen molar-refractivity contribution in [2.45, 2.75) is 70.6 Å². The first-order valence-corrected chi connectivity index (χ1v) is 8.88. The van der Waals surface area contributed by atoms with Gasteiger partial charge in [-0.25, -0.2) is 0 Å². The molecule has 21 heavy (non-hydrogen) atoms. The molecular weight excluding hydrogens is 262 g/mol. The lowest BCUT2D eigenvalue weighted by molar-refractivity contribution is -0.133. The fourth-order valence-corrected chi connectivity index (χ4v) is 4.46. The van der Waals surface area contributed by atoms with Gasteiger partial charge in [-0.05, 0) is 44.7 Å². The minimum atomic E-state index is 0.0477. The van der Waals surface area contributed by atoms with Gasteiger partial charge in [-0.15, -0.1) is 0 Å². The van der Waals surface area contributed by atoms with Crippen LogP contribution in [0.4, 0.5) is 0 Å². The molecule has 0 aromatic carbocycles. The number of carbonyl (C=O) groups excluding carboxylic acids is 1. The highest BCUT2D eigenvalue weighted by Gasteiger charge is 2.48. The topological polar surface area (TPSA) is 35.6 Å². The first kappa shape index (κ1) is 15.3. The van der Waals surface area contributed by atoms with Crippen LogP contribution in [0.15, 0.2) is 0 Å². The van der Waals surface area contributed by atoms with Gasteiger partial charge >= 0.3 is 0 Å². The summed E-state index contributed by atoms with van der Waals surface area (Å²) in [6, 6.07) is 0.473. The Morgan fingerprint density at radius 2 is 2.00 bits per heavy atom. The Kier molecular flexibility index (Phi) is 4.55. The largest absolute Gasteiger partial charge is 0.321 e. The minimum Gasteiger partial charge on any atom is -0.321 e. The Hall–Kier alpha value is -0.610. The molecule has 4 atom stereocenters. The Morgan fingerprint density at radius 1 is 1.29 bits per heavy atom. The molecule has 2 aliphatic heterocycles. The third-order valence-electron chi connectivity index (χ3n) is 5.99. The van der Waals surface area contributed by atoms with Crippen molar-refractivity contribution in [2.24, 2.45) is 11.8 Å². The molecule has 120 valence electrons. The molecule has 4 unspecified atom stereocenters. The van der Waals surface area contributed by atoms with Gasteiger partial charge in [-0.1, -0.05) is 33.1 Å². The van der Waals surface area contributed by atoms with Crippen LogP contribution in [-0.2, 0) is 4.79 Å². The Bertz CT molecular complexity index is 380. The van der Waals surface area contributed by atoms with Gasteiger partial charge in [0, 0.05) is 12.6 Å². The lowest BCUT2D eigenvalue weighted by Gasteiger charge is -2.33. The summed E-state index contributed by atoms with van der Waals surface area (Å²) in [7, 11) is 2.17. The third-order valence-corrected chi connectivity index (χ3v) is 5.99. The zero-order valence-corrected chi connectivity index (χ0v) is 13.8. The Balaban J connectivity index is 1.79. The summed E-state index contributed by atoms with van der Waals surface area (Å²) >= 11 is 0. The Labute approximate surface area is 129 Å². The minimum absolute atomic E-state index is 0.0477. The molecule has 3 aliphatic rings. The first-order valence-electron chi connectivity index (χ1n) is 8.88. The van der Waals surface area contributed by atoms with E-state index in [4.69, 9.17) is 0 Å². The molecule has 0 radical (unpaired) electrons. The predicted octanol–water partition coefficient (Wildman–Crippen LogP) is 2.05. The van der Waals surface area contributed by atoms with Crippen molar-refractivity contribution in [1.82, 2.24) is 15.1 Å². The van der Waals surface area contributed by atoms with Crippen molar-refractivity contribution in [3.63, 3.8) is 0 Å². The zero-order chi connectivity index (χ0) is 15.0. The van der Waals surface area contributed by atoms with E-state index < -0.39 is 0 Å². The van der Waals surface area contributed by atoms with Crippen molar-refractivity contribution in [2.75, 3.05) is 20.1 Å². The van der Waals surface area contributed by atoms with Gasteiger partial charge in [0.2, 0.25) is 5.91 Å². The molecule has 4 heteroatoms. The molecule has 4 nitrogen and oxygen atoms in total. The van der Waals surface area contributed by atoms with Gasteiger partial charge in [-0.2, -0.15) is 0 Å². The van der Waals surface area contributed by atoms with Crippen molar-refractivity contribution in [3.8, 4) is 0 Å². The van der Waals surface area contributed by atoms with Gasteiger partial charge in [-0.3, -0.25) is 10.1 Å². The second-order valence-corrected chi connectivity index (χ2v) is 7.47. The van der Waals surface area contributed by atoms with Crippen LogP contribution in [0, 0.1) is 11.8 Å². The normalized spacial score (nSPS) is 36.8. The van der Waals surface area contributed by atoms with E-state index in [0.717, 1.165) is 25.9 Å². The van der Waals surface area contributed by atoms with Crippen LogP contribution in [0.5, 0.6) is 0 Å². The highest BCUT2D eigenvalue weighted by atomic mass is 16.2. The molecule has 0 spiro atoms. The van der Waals surface area contributed by atoms with E-state index >= 15 is 0 Å². The fourth-order valence-electron chi connectivity index (χ4n) is 4.46. The van der Waals surface area contributed by atoms with Gasteiger partial charge < -0.3 is 9.80 Å². The van der Waals surface area contributed by atoms with Crippen LogP contribution in [-0.4, -0.2) is 54.1 Å². The second-order valence-electron chi connectivity index (χ2n) is 7.47. The van der Waals surface area contributed by atoms with Gasteiger partial charge in [0.05, 0.1) is 12.2 Å². The van der Waals surface area contributed by atoms with Crippen molar-refractivity contribution in [1.29, 1.82) is 0 Å². The van der Waals surface area contributed by atoms with Crippen LogP contribution >= 0.6 is 0 Å². The average Bonchev–Trinajstić information content (AvgIpc) is 3.17. The quantitative estimate of drug-likeness (QED) is 0.862. The highest BCUT2D eigenvalue weighted by Crippen LogP contribution is 2.35. The van der Waals surface area contributed by atoms with E-state index in [0.29, 0.717) is 30.0 Å². The highest BCUT2D eigenvalue weighted by molar-refractivity contribution is 5.85. The third kappa shape index (κ3) is 2.85. The van der Waals surface area contributed by atoms with Crippen molar-refractivity contribution < 1.29 is 4.79 Å². The number of amides is 1. The van der Waals surface area contributed by atoms with Crippen LogP contribution in [0.25, 0.3) is 0 Å². The van der Waals surface area contributed by atoms with Crippen molar-refractivity contribution in [3.05, 3.63) is 0 Å². The summed E-state index contributed by atoms with van der Waals surface area (Å²) in [5, 5.41) is 3.73. The number of likely N-dealkylation sites (tertiary alicyclic amines) is 1. The molecule has 1 saturated carbocycles. The number of hydrogen-bond donors (Lipinski definition) is 1. The van der Waals surface area contributed by atoms with Gasteiger partial charge in [0.15, 0.2) is 0 Å². The van der Waals surface area contributed by atoms with E-state index in [9.17, 15) is 4.79 Å². The molecule has 2 heterocycles. The lowest BCUT2D eigenvalue weighted by Crippen LogP contribution is -2.48. The average molecular weight is 293 g/mol. The fraction of sp³-hybridized carbons (Fsp3) is 0.941. The summed E-state index contributed by atoms with van der Waals surface area (Å²) in [5.74, 6) is 1.49. The standard InChI is InChI=1S/C17H31N3O/c1-4-12(2)15-17(21)20(14-9-10-19(3)11-14)16(18-15)13-7-5-6-8-13/h12-16,18H,4-11H2,1-3H3. The smallest absolute Gasteiger partial charge is 0.241 e. The maximum Gasteiger partial charge on any atom is 0.241 e. The maximum absolute atomic E-state index is 13.0. The number of rotatable bonds is 4. The lowest BCUT2D eigenvalue weighted by atomic mass is 9.99. The van der Waals surface area contributed by atoms with E-state index in [2.05, 4.69) is 36.0 Å². The molecule has 0 bridgehead atoms. The number of nitrogens with zero attached hydrogens (tertiary/aromatic N) is 2. The number of likely N-dealkylation sites (N-methyl/N-ethyl adjacent to an activating group) is 1. The molecule has 0 aromatic heterocycles. The molecular formula is C17H31N3O. The molecule has 3 fully saturated rings. The molecule has 0 aromatic rings. The first-order chi connectivity index (χ1) is 10.1. The van der Waals surface area contributed by atoms with E-state index in [1.54, 1.807) is 0 Å². The molecule has 3 rings (SSSR count). The predicted molar refractivity (Wildman–Crippen MR) is 84.9 cm³/mol. The van der Waals surface area contributed by atoms with Crippen LogP contribution in [0.1, 0.15) is 52.4 Å². The second kappa shape index (κ2) is 6.25. The summed E-state index contributed by atoms with van der Waals surface area (Å²) < 4.78 is 0. The summed E-state index contributed by atoms with van der Waals surface area (Å²) in [6.45, 7) is 6.57. The van der Waals surface area contributed by atoms with Gasteiger partial charge in [0.1, 0.15) is 0 Å². The Morgan fingerprint density at radius 3 is 2.57 bits per heavy atom. The zero-order valence-electron chi connectivity index (χ0n) is 13.8. The monoisotopic (exact) mass is 293 g/mol. The maximum atomic E-state index is 13.0. The number of nitrogens with one attached hydrogen (secondary N) is 1. The van der Waals surface area contributed by atoms with Crippen LogP contribution in [0.2, 0.25) is 0 Å². The summed E-state index contributed by atoms with van der Waals surface area (Å²) in [5.41, 5.74) is 0.